The summed E-state index contributed by atoms with van der Waals surface area (Å²) >= 11 is 0. The molecule has 0 fully saturated rings. The Morgan fingerprint density at radius 1 is 0.778 bits per heavy atom. The molecule has 6 nitrogen and oxygen atoms in total. The zero-order valence-corrected chi connectivity index (χ0v) is 14.8. The van der Waals surface area contributed by atoms with Gasteiger partial charge in [-0.1, -0.05) is 29.8 Å². The van der Waals surface area contributed by atoms with Crippen LogP contribution in [0.25, 0.3) is 0 Å². The van der Waals surface area contributed by atoms with Crippen LogP contribution in [0, 0.1) is 6.92 Å². The van der Waals surface area contributed by atoms with Crippen LogP contribution in [0.2, 0.25) is 0 Å². The van der Waals surface area contributed by atoms with E-state index in [1.54, 1.807) is 54.6 Å². The number of nitrogens with one attached hydrogen (secondary N) is 3. The molecule has 5 N–H and O–H groups in total. The van der Waals surface area contributed by atoms with Crippen molar-refractivity contribution >= 4 is 34.7 Å². The van der Waals surface area contributed by atoms with E-state index in [0.29, 0.717) is 28.3 Å². The van der Waals surface area contributed by atoms with Gasteiger partial charge in [-0.2, -0.15) is 0 Å². The van der Waals surface area contributed by atoms with Crippen molar-refractivity contribution in [2.75, 3.05) is 21.7 Å². The third-order valence-corrected chi connectivity index (χ3v) is 3.89. The zero-order chi connectivity index (χ0) is 19.2. The molecule has 3 aromatic rings. The van der Waals surface area contributed by atoms with Crippen molar-refractivity contribution in [1.82, 2.24) is 0 Å². The molecule has 6 heteroatoms. The first-order valence-corrected chi connectivity index (χ1v) is 8.42. The van der Waals surface area contributed by atoms with Gasteiger partial charge < -0.3 is 21.7 Å². The van der Waals surface area contributed by atoms with Crippen molar-refractivity contribution in [3.05, 3.63) is 83.9 Å². The lowest BCUT2D eigenvalue weighted by atomic mass is 10.1. The summed E-state index contributed by atoms with van der Waals surface area (Å²) in [4.78, 5) is 24.3. The highest BCUT2D eigenvalue weighted by Crippen LogP contribution is 2.18. The summed E-state index contributed by atoms with van der Waals surface area (Å²) in [5.74, 6) is -0.184. The van der Waals surface area contributed by atoms with E-state index in [4.69, 9.17) is 5.73 Å². The molecule has 0 bridgehead atoms. The number of anilines is 4. The van der Waals surface area contributed by atoms with E-state index in [0.717, 1.165) is 5.56 Å². The molecule has 0 aliphatic carbocycles. The fourth-order valence-electron chi connectivity index (χ4n) is 2.52. The first-order chi connectivity index (χ1) is 13.0. The maximum absolute atomic E-state index is 12.3. The number of urea groups is 1. The first kappa shape index (κ1) is 18.0. The fraction of sp³-hybridized carbons (Fsp3) is 0.0476. The van der Waals surface area contributed by atoms with Crippen LogP contribution in [0.5, 0.6) is 0 Å². The standard InChI is InChI=1S/C21H20N4O2/c1-14-5-4-6-15(13-14)20(26)23-16-9-11-17(12-10-16)24-21(27)25-19-8-3-2-7-18(19)22/h2-13H,22H2,1H3,(H,23,26)(H2,24,25,27). The number of amides is 3. The molecule has 0 spiro atoms. The minimum atomic E-state index is -0.399. The molecule has 27 heavy (non-hydrogen) atoms. The van der Waals surface area contributed by atoms with Gasteiger partial charge in [0.05, 0.1) is 11.4 Å². The van der Waals surface area contributed by atoms with Gasteiger partial charge in [0.1, 0.15) is 0 Å². The molecule has 0 atom stereocenters. The molecule has 0 saturated heterocycles. The molecule has 3 aromatic carbocycles. The first-order valence-electron chi connectivity index (χ1n) is 8.42. The molecule has 0 aliphatic rings. The number of hydrogen-bond donors (Lipinski definition) is 4. The monoisotopic (exact) mass is 360 g/mol. The van der Waals surface area contributed by atoms with Gasteiger partial charge in [-0.15, -0.1) is 0 Å². The highest BCUT2D eigenvalue weighted by Gasteiger charge is 2.07. The number of benzene rings is 3. The van der Waals surface area contributed by atoms with Gasteiger partial charge >= 0.3 is 6.03 Å². The van der Waals surface area contributed by atoms with Crippen LogP contribution in [0.1, 0.15) is 15.9 Å². The second-order valence-corrected chi connectivity index (χ2v) is 6.07. The number of rotatable bonds is 4. The van der Waals surface area contributed by atoms with Gasteiger partial charge in [0.2, 0.25) is 0 Å². The van der Waals surface area contributed by atoms with Crippen LogP contribution in [0.3, 0.4) is 0 Å². The van der Waals surface area contributed by atoms with Crippen molar-refractivity contribution in [3.63, 3.8) is 0 Å². The number of carbonyl (C=O) groups excluding carboxylic acids is 2. The molecular formula is C21H20N4O2. The smallest absolute Gasteiger partial charge is 0.323 e. The minimum Gasteiger partial charge on any atom is -0.397 e. The summed E-state index contributed by atoms with van der Waals surface area (Å²) in [5.41, 5.74) is 9.68. The summed E-state index contributed by atoms with van der Waals surface area (Å²) in [7, 11) is 0. The lowest BCUT2D eigenvalue weighted by molar-refractivity contribution is 0.102. The predicted octanol–water partition coefficient (Wildman–Crippen LogP) is 4.47. The van der Waals surface area contributed by atoms with Gasteiger partial charge in [-0.3, -0.25) is 4.79 Å². The predicted molar refractivity (Wildman–Crippen MR) is 109 cm³/mol. The number of carbonyl (C=O) groups is 2. The highest BCUT2D eigenvalue weighted by molar-refractivity contribution is 6.05. The number of nitrogen functional groups attached to an aromatic ring is 1. The van der Waals surface area contributed by atoms with Crippen LogP contribution >= 0.6 is 0 Å². The molecule has 0 unspecified atom stereocenters. The molecule has 0 aliphatic heterocycles. The number of nitrogens with two attached hydrogens (primary N) is 1. The van der Waals surface area contributed by atoms with Gasteiger partial charge in [-0.25, -0.2) is 4.79 Å². The molecule has 0 radical (unpaired) electrons. The van der Waals surface area contributed by atoms with Crippen LogP contribution in [0.4, 0.5) is 27.5 Å². The Balaban J connectivity index is 1.59. The molecule has 136 valence electrons. The summed E-state index contributed by atoms with van der Waals surface area (Å²) < 4.78 is 0. The van der Waals surface area contributed by atoms with E-state index in [2.05, 4.69) is 16.0 Å². The lowest BCUT2D eigenvalue weighted by Gasteiger charge is -2.10. The summed E-state index contributed by atoms with van der Waals surface area (Å²) in [5, 5.41) is 8.24. The molecule has 3 rings (SSSR count). The highest BCUT2D eigenvalue weighted by atomic mass is 16.2. The van der Waals surface area contributed by atoms with Crippen molar-refractivity contribution in [3.8, 4) is 0 Å². The third kappa shape index (κ3) is 4.85. The number of para-hydroxylation sites is 2. The molecule has 0 aromatic heterocycles. The van der Waals surface area contributed by atoms with Crippen LogP contribution < -0.4 is 21.7 Å². The van der Waals surface area contributed by atoms with E-state index < -0.39 is 6.03 Å². The van der Waals surface area contributed by atoms with E-state index in [-0.39, 0.29) is 5.91 Å². The fourth-order valence-corrected chi connectivity index (χ4v) is 2.52. The molecule has 3 amide bonds. The van der Waals surface area contributed by atoms with E-state index >= 15 is 0 Å². The second-order valence-electron chi connectivity index (χ2n) is 6.07. The van der Waals surface area contributed by atoms with E-state index in [1.165, 1.54) is 0 Å². The molecular weight excluding hydrogens is 340 g/mol. The Bertz CT molecular complexity index is 968. The lowest BCUT2D eigenvalue weighted by Crippen LogP contribution is -2.20. The maximum Gasteiger partial charge on any atom is 0.323 e. The Hall–Kier alpha value is -3.80. The maximum atomic E-state index is 12.3. The van der Waals surface area contributed by atoms with Crippen molar-refractivity contribution in [2.45, 2.75) is 6.92 Å². The van der Waals surface area contributed by atoms with Gasteiger partial charge in [0.25, 0.3) is 5.91 Å². The molecule has 0 heterocycles. The SMILES string of the molecule is Cc1cccc(C(=O)Nc2ccc(NC(=O)Nc3ccccc3N)cc2)c1. The normalized spacial score (nSPS) is 10.1. The Labute approximate surface area is 157 Å². The summed E-state index contributed by atoms with van der Waals surface area (Å²) in [6.07, 6.45) is 0. The number of hydrogen-bond acceptors (Lipinski definition) is 3. The topological polar surface area (TPSA) is 96.2 Å². The summed E-state index contributed by atoms with van der Waals surface area (Å²) in [6.45, 7) is 1.94. The van der Waals surface area contributed by atoms with Crippen LogP contribution in [-0.4, -0.2) is 11.9 Å². The van der Waals surface area contributed by atoms with Crippen molar-refractivity contribution < 1.29 is 9.59 Å². The quantitative estimate of drug-likeness (QED) is 0.517. The Morgan fingerprint density at radius 3 is 2.11 bits per heavy atom. The third-order valence-electron chi connectivity index (χ3n) is 3.89. The average molecular weight is 360 g/mol. The second kappa shape index (κ2) is 8.05. The van der Waals surface area contributed by atoms with E-state index in [9.17, 15) is 9.59 Å². The Morgan fingerprint density at radius 2 is 1.44 bits per heavy atom. The van der Waals surface area contributed by atoms with Crippen molar-refractivity contribution in [2.24, 2.45) is 0 Å². The van der Waals surface area contributed by atoms with Crippen LogP contribution in [0.15, 0.2) is 72.8 Å². The summed E-state index contributed by atoms with van der Waals surface area (Å²) in [6, 6.07) is 20.8. The van der Waals surface area contributed by atoms with Crippen molar-refractivity contribution in [1.29, 1.82) is 0 Å². The van der Waals surface area contributed by atoms with E-state index in [1.807, 2.05) is 25.1 Å². The molecule has 0 saturated carbocycles. The van der Waals surface area contributed by atoms with Gasteiger partial charge in [0.15, 0.2) is 0 Å². The zero-order valence-electron chi connectivity index (χ0n) is 14.8. The van der Waals surface area contributed by atoms with Crippen LogP contribution in [-0.2, 0) is 0 Å². The average Bonchev–Trinajstić information content (AvgIpc) is 2.65. The largest absolute Gasteiger partial charge is 0.397 e. The van der Waals surface area contributed by atoms with Gasteiger partial charge in [0, 0.05) is 16.9 Å². The Kier molecular flexibility index (Phi) is 5.37. The number of aryl methyl sites for hydroxylation is 1. The minimum absolute atomic E-state index is 0.184. The van der Waals surface area contributed by atoms with Gasteiger partial charge in [-0.05, 0) is 55.5 Å².